The monoisotopic (exact) mass is 395 g/mol. The quantitative estimate of drug-likeness (QED) is 0.424. The van der Waals surface area contributed by atoms with Crippen molar-refractivity contribution in [1.29, 1.82) is 0 Å². The summed E-state index contributed by atoms with van der Waals surface area (Å²) in [7, 11) is 0. The average Bonchev–Trinajstić information content (AvgIpc) is 2.67. The molecule has 1 amide bonds. The van der Waals surface area contributed by atoms with Gasteiger partial charge >= 0.3 is 6.09 Å². The Labute approximate surface area is 175 Å². The molecule has 0 aliphatic carbocycles. The van der Waals surface area contributed by atoms with Gasteiger partial charge in [0.1, 0.15) is 6.54 Å². The summed E-state index contributed by atoms with van der Waals surface area (Å²) in [4.78, 5) is 12.2. The van der Waals surface area contributed by atoms with Crippen LogP contribution in [-0.4, -0.2) is 12.7 Å². The zero-order chi connectivity index (χ0) is 21.3. The molecule has 1 aromatic heterocycles. The predicted molar refractivity (Wildman–Crippen MR) is 119 cm³/mol. The summed E-state index contributed by atoms with van der Waals surface area (Å²) < 4.78 is 7.61. The first-order chi connectivity index (χ1) is 13.8. The van der Waals surface area contributed by atoms with Crippen molar-refractivity contribution in [1.82, 2.24) is 5.32 Å². The van der Waals surface area contributed by atoms with E-state index in [4.69, 9.17) is 4.74 Å². The van der Waals surface area contributed by atoms with Crippen LogP contribution in [0.3, 0.4) is 0 Å². The third-order valence-electron chi connectivity index (χ3n) is 5.04. The second-order valence-corrected chi connectivity index (χ2v) is 8.28. The summed E-state index contributed by atoms with van der Waals surface area (Å²) in [6, 6.07) is 12.3. The van der Waals surface area contributed by atoms with E-state index < -0.39 is 5.54 Å². The molecule has 0 aliphatic rings. The fraction of sp³-hybridized carbons (Fsp3) is 0.440. The van der Waals surface area contributed by atoms with Crippen molar-refractivity contribution in [3.63, 3.8) is 0 Å². The first kappa shape index (κ1) is 22.7. The lowest BCUT2D eigenvalue weighted by molar-refractivity contribution is -0.697. The Morgan fingerprint density at radius 2 is 1.90 bits per heavy atom. The van der Waals surface area contributed by atoms with Crippen LogP contribution in [0.15, 0.2) is 55.4 Å². The first-order valence-electron chi connectivity index (χ1n) is 10.4. The molecule has 0 saturated heterocycles. The molecule has 0 bridgehead atoms. The van der Waals surface area contributed by atoms with Gasteiger partial charge in [-0.2, -0.15) is 0 Å². The molecule has 0 fully saturated rings. The van der Waals surface area contributed by atoms with Crippen LogP contribution in [0, 0.1) is 6.92 Å². The summed E-state index contributed by atoms with van der Waals surface area (Å²) >= 11 is 0. The molecule has 29 heavy (non-hydrogen) atoms. The molecule has 4 heteroatoms. The smallest absolute Gasteiger partial charge is 0.407 e. The minimum absolute atomic E-state index is 0.369. The number of alkyl carbamates (subject to hydrolysis) is 1. The number of aryl methyl sites for hydroxylation is 2. The fourth-order valence-corrected chi connectivity index (χ4v) is 3.24. The number of unbranched alkanes of at least 4 members (excludes halogenated alkanes) is 3. The second kappa shape index (κ2) is 10.8. The Bertz CT molecular complexity index is 827. The SMILES string of the molecule is C=C(C)c1cccc(C(C)(C)NC(=O)OCCCCCC[n+]2cccc(C)c2)c1. The highest BCUT2D eigenvalue weighted by atomic mass is 16.5. The number of benzene rings is 1. The maximum Gasteiger partial charge on any atom is 0.407 e. The maximum atomic E-state index is 12.2. The molecule has 1 N–H and O–H groups in total. The van der Waals surface area contributed by atoms with E-state index in [0.717, 1.165) is 48.9 Å². The molecule has 156 valence electrons. The van der Waals surface area contributed by atoms with Gasteiger partial charge in [-0.05, 0) is 70.2 Å². The molecule has 2 aromatic rings. The lowest BCUT2D eigenvalue weighted by Crippen LogP contribution is -2.41. The number of hydrogen-bond acceptors (Lipinski definition) is 2. The lowest BCUT2D eigenvalue weighted by Gasteiger charge is -2.27. The molecule has 4 nitrogen and oxygen atoms in total. The summed E-state index contributed by atoms with van der Waals surface area (Å²) in [5.41, 5.74) is 3.89. The molecule has 1 heterocycles. The van der Waals surface area contributed by atoms with Crippen LogP contribution in [0.25, 0.3) is 5.57 Å². The minimum atomic E-state index is -0.506. The van der Waals surface area contributed by atoms with E-state index >= 15 is 0 Å². The van der Waals surface area contributed by atoms with Gasteiger partial charge in [0.2, 0.25) is 0 Å². The topological polar surface area (TPSA) is 42.2 Å². The number of aromatic nitrogens is 1. The Balaban J connectivity index is 1.66. The highest BCUT2D eigenvalue weighted by Crippen LogP contribution is 2.23. The van der Waals surface area contributed by atoms with Gasteiger partial charge in [-0.15, -0.1) is 0 Å². The molecule has 0 aliphatic heterocycles. The van der Waals surface area contributed by atoms with Crippen LogP contribution >= 0.6 is 0 Å². The summed E-state index contributed by atoms with van der Waals surface area (Å²) in [5, 5.41) is 2.97. The molecule has 0 saturated carbocycles. The maximum absolute atomic E-state index is 12.2. The third kappa shape index (κ3) is 7.72. The third-order valence-corrected chi connectivity index (χ3v) is 5.04. The van der Waals surface area contributed by atoms with Gasteiger partial charge < -0.3 is 10.1 Å². The number of carbonyl (C=O) groups is 1. The van der Waals surface area contributed by atoms with Crippen LogP contribution < -0.4 is 9.88 Å². The van der Waals surface area contributed by atoms with Gasteiger partial charge in [-0.3, -0.25) is 0 Å². The van der Waals surface area contributed by atoms with Crippen molar-refractivity contribution in [3.8, 4) is 0 Å². The van der Waals surface area contributed by atoms with E-state index in [-0.39, 0.29) is 6.09 Å². The minimum Gasteiger partial charge on any atom is -0.450 e. The average molecular weight is 396 g/mol. The zero-order valence-corrected chi connectivity index (χ0v) is 18.3. The van der Waals surface area contributed by atoms with Gasteiger partial charge in [0.05, 0.1) is 12.1 Å². The Morgan fingerprint density at radius 3 is 2.62 bits per heavy atom. The van der Waals surface area contributed by atoms with Gasteiger partial charge in [-0.25, -0.2) is 9.36 Å². The Morgan fingerprint density at radius 1 is 1.14 bits per heavy atom. The number of rotatable bonds is 10. The summed E-state index contributed by atoms with van der Waals surface area (Å²) in [5.74, 6) is 0. The molecule has 0 atom stereocenters. The van der Waals surface area contributed by atoms with E-state index in [1.54, 1.807) is 0 Å². The van der Waals surface area contributed by atoms with Gasteiger partial charge in [0, 0.05) is 18.1 Å². The van der Waals surface area contributed by atoms with Gasteiger partial charge in [0.15, 0.2) is 12.4 Å². The van der Waals surface area contributed by atoms with Crippen molar-refractivity contribution >= 4 is 11.7 Å². The second-order valence-electron chi connectivity index (χ2n) is 8.28. The molecular formula is C25H35N2O2+. The normalized spacial score (nSPS) is 11.2. The van der Waals surface area contributed by atoms with Crippen LogP contribution in [0.2, 0.25) is 0 Å². The molecule has 0 spiro atoms. The largest absolute Gasteiger partial charge is 0.450 e. The van der Waals surface area contributed by atoms with E-state index in [9.17, 15) is 4.79 Å². The van der Waals surface area contributed by atoms with Crippen molar-refractivity contribution in [2.45, 2.75) is 65.5 Å². The van der Waals surface area contributed by atoms with E-state index in [1.807, 2.05) is 39.0 Å². The number of nitrogens with zero attached hydrogens (tertiary/aromatic N) is 1. The number of nitrogens with one attached hydrogen (secondary N) is 1. The highest BCUT2D eigenvalue weighted by Gasteiger charge is 2.23. The van der Waals surface area contributed by atoms with Crippen LogP contribution in [0.4, 0.5) is 4.79 Å². The van der Waals surface area contributed by atoms with Crippen molar-refractivity contribution < 1.29 is 14.1 Å². The molecule has 0 unspecified atom stereocenters. The van der Waals surface area contributed by atoms with Crippen LogP contribution in [0.5, 0.6) is 0 Å². The van der Waals surface area contributed by atoms with Gasteiger partial charge in [-0.1, -0.05) is 30.4 Å². The molecular weight excluding hydrogens is 360 g/mol. The molecule has 1 aromatic carbocycles. The van der Waals surface area contributed by atoms with E-state index in [0.29, 0.717) is 6.61 Å². The zero-order valence-electron chi connectivity index (χ0n) is 18.3. The fourth-order valence-electron chi connectivity index (χ4n) is 3.24. The molecule has 2 rings (SSSR count). The van der Waals surface area contributed by atoms with Crippen LogP contribution in [0.1, 0.15) is 63.1 Å². The summed E-state index contributed by atoms with van der Waals surface area (Å²) in [6.45, 7) is 13.5. The van der Waals surface area contributed by atoms with Gasteiger partial charge in [0.25, 0.3) is 0 Å². The number of ether oxygens (including phenoxy) is 1. The highest BCUT2D eigenvalue weighted by molar-refractivity contribution is 5.69. The number of amides is 1. The van der Waals surface area contributed by atoms with Crippen molar-refractivity contribution in [3.05, 3.63) is 72.1 Å². The standard InChI is InChI=1S/C25H34N2O2/c1-20(2)22-13-10-14-23(18-22)25(4,5)26-24(28)29-17-9-7-6-8-15-27-16-11-12-21(3)19-27/h10-14,16,18-19H,1,6-9,15,17H2,2-5H3/p+1. The Hall–Kier alpha value is -2.62. The first-order valence-corrected chi connectivity index (χ1v) is 10.4. The van der Waals surface area contributed by atoms with Crippen molar-refractivity contribution in [2.75, 3.05) is 6.61 Å². The van der Waals surface area contributed by atoms with E-state index in [1.165, 1.54) is 5.56 Å². The molecule has 0 radical (unpaired) electrons. The number of pyridine rings is 1. The predicted octanol–water partition coefficient (Wildman–Crippen LogP) is 5.54. The summed E-state index contributed by atoms with van der Waals surface area (Å²) in [6.07, 6.45) is 8.11. The van der Waals surface area contributed by atoms with Crippen molar-refractivity contribution in [2.24, 2.45) is 0 Å². The number of carbonyl (C=O) groups excluding carboxylic acids is 1. The number of hydrogen-bond donors (Lipinski definition) is 1. The Kier molecular flexibility index (Phi) is 8.44. The lowest BCUT2D eigenvalue weighted by atomic mass is 9.92. The van der Waals surface area contributed by atoms with E-state index in [2.05, 4.69) is 54.0 Å². The van der Waals surface area contributed by atoms with Crippen LogP contribution in [-0.2, 0) is 16.8 Å². The number of allylic oxidation sites excluding steroid dienone is 1.